The molecule has 6 heteroatoms. The summed E-state index contributed by atoms with van der Waals surface area (Å²) in [5, 5.41) is 3.09. The monoisotopic (exact) mass is 368 g/mol. The number of imidazole rings is 1. The number of hydrogen-bond donors (Lipinski definition) is 2. The van der Waals surface area contributed by atoms with Crippen LogP contribution >= 0.6 is 11.8 Å². The number of thioether (sulfide) groups is 1. The molecular weight excluding hydrogens is 344 g/mol. The summed E-state index contributed by atoms with van der Waals surface area (Å²) in [7, 11) is 0. The Kier molecular flexibility index (Phi) is 5.02. The Morgan fingerprint density at radius 3 is 2.73 bits per heavy atom. The minimum atomic E-state index is -0.0712. The number of carbonyl (C=O) groups is 1. The first kappa shape index (κ1) is 17.2. The number of nitrogens with zero attached hydrogens (tertiary/aromatic N) is 2. The quantitative estimate of drug-likeness (QED) is 0.701. The molecule has 4 rings (SSSR count). The number of hydrogen-bond acceptors (Lipinski definition) is 3. The molecule has 1 fully saturated rings. The van der Waals surface area contributed by atoms with Crippen molar-refractivity contribution in [2.24, 2.45) is 0 Å². The van der Waals surface area contributed by atoms with Crippen LogP contribution in [0.3, 0.4) is 0 Å². The van der Waals surface area contributed by atoms with Gasteiger partial charge in [-0.05, 0) is 48.6 Å². The average Bonchev–Trinajstić information content (AvgIpc) is 3.32. The second kappa shape index (κ2) is 7.58. The SMILES string of the molecule is O=C(CC1(n2cccc2)CCSCC1)NCCc1nc2ccccc2[nH]1. The highest BCUT2D eigenvalue weighted by atomic mass is 32.2. The van der Waals surface area contributed by atoms with Crippen LogP contribution < -0.4 is 5.32 Å². The number of fused-ring (bicyclic) bond motifs is 1. The summed E-state index contributed by atoms with van der Waals surface area (Å²) < 4.78 is 2.24. The Bertz CT molecular complexity index is 832. The molecule has 2 N–H and O–H groups in total. The van der Waals surface area contributed by atoms with Gasteiger partial charge in [0.05, 0.1) is 23.0 Å². The number of nitrogens with one attached hydrogen (secondary N) is 2. The summed E-state index contributed by atoms with van der Waals surface area (Å²) in [5.41, 5.74) is 1.94. The molecule has 3 aromatic rings. The largest absolute Gasteiger partial charge is 0.356 e. The third kappa shape index (κ3) is 3.65. The van der Waals surface area contributed by atoms with Crippen LogP contribution in [0.25, 0.3) is 11.0 Å². The van der Waals surface area contributed by atoms with Crippen LogP contribution in [0.5, 0.6) is 0 Å². The molecule has 5 nitrogen and oxygen atoms in total. The Morgan fingerprint density at radius 1 is 1.19 bits per heavy atom. The van der Waals surface area contributed by atoms with Gasteiger partial charge in [-0.3, -0.25) is 4.79 Å². The Balaban J connectivity index is 1.35. The number of amides is 1. The smallest absolute Gasteiger partial charge is 0.222 e. The van der Waals surface area contributed by atoms with E-state index < -0.39 is 0 Å². The third-order valence-corrected chi connectivity index (χ3v) is 6.17. The van der Waals surface area contributed by atoms with Gasteiger partial charge in [0.25, 0.3) is 0 Å². The van der Waals surface area contributed by atoms with Crippen LogP contribution in [-0.2, 0) is 16.8 Å². The first-order chi connectivity index (χ1) is 12.8. The fourth-order valence-electron chi connectivity index (χ4n) is 3.73. The minimum absolute atomic E-state index is 0.0712. The zero-order valence-electron chi connectivity index (χ0n) is 14.8. The summed E-state index contributed by atoms with van der Waals surface area (Å²) in [5.74, 6) is 3.27. The van der Waals surface area contributed by atoms with Crippen molar-refractivity contribution < 1.29 is 4.79 Å². The maximum atomic E-state index is 12.6. The fourth-order valence-corrected chi connectivity index (χ4v) is 4.99. The highest BCUT2D eigenvalue weighted by Crippen LogP contribution is 2.36. The van der Waals surface area contributed by atoms with Gasteiger partial charge in [0.1, 0.15) is 5.82 Å². The molecule has 1 aliphatic heterocycles. The van der Waals surface area contributed by atoms with Crippen LogP contribution in [0.4, 0.5) is 0 Å². The lowest BCUT2D eigenvalue weighted by molar-refractivity contribution is -0.123. The van der Waals surface area contributed by atoms with E-state index in [0.29, 0.717) is 19.4 Å². The lowest BCUT2D eigenvalue weighted by Crippen LogP contribution is -2.42. The normalized spacial score (nSPS) is 16.6. The molecule has 0 unspecified atom stereocenters. The average molecular weight is 369 g/mol. The molecule has 2 aromatic heterocycles. The molecule has 0 aliphatic carbocycles. The second-order valence-electron chi connectivity index (χ2n) is 6.90. The van der Waals surface area contributed by atoms with Gasteiger partial charge in [0.2, 0.25) is 5.91 Å². The van der Waals surface area contributed by atoms with E-state index in [0.717, 1.165) is 41.2 Å². The summed E-state index contributed by atoms with van der Waals surface area (Å²) >= 11 is 1.98. The molecule has 0 spiro atoms. The van der Waals surface area contributed by atoms with Crippen LogP contribution in [-0.4, -0.2) is 38.5 Å². The molecule has 1 saturated heterocycles. The first-order valence-corrected chi connectivity index (χ1v) is 10.3. The fraction of sp³-hybridized carbons (Fsp3) is 0.400. The number of carbonyl (C=O) groups excluding carboxylic acids is 1. The Morgan fingerprint density at radius 2 is 1.96 bits per heavy atom. The van der Waals surface area contributed by atoms with Gasteiger partial charge in [-0.1, -0.05) is 12.1 Å². The summed E-state index contributed by atoms with van der Waals surface area (Å²) in [4.78, 5) is 20.5. The van der Waals surface area contributed by atoms with Gasteiger partial charge >= 0.3 is 0 Å². The number of H-pyrrole nitrogens is 1. The minimum Gasteiger partial charge on any atom is -0.356 e. The molecule has 3 heterocycles. The molecule has 0 saturated carbocycles. The zero-order valence-corrected chi connectivity index (χ0v) is 15.6. The Hall–Kier alpha value is -2.21. The number of rotatable bonds is 6. The van der Waals surface area contributed by atoms with Crippen LogP contribution in [0.1, 0.15) is 25.1 Å². The van der Waals surface area contributed by atoms with E-state index in [4.69, 9.17) is 0 Å². The predicted octanol–water partition coefficient (Wildman–Crippen LogP) is 3.34. The molecule has 1 aromatic carbocycles. The second-order valence-corrected chi connectivity index (χ2v) is 8.13. The molecule has 0 bridgehead atoms. The highest BCUT2D eigenvalue weighted by molar-refractivity contribution is 7.99. The number of para-hydroxylation sites is 2. The lowest BCUT2D eigenvalue weighted by atomic mass is 9.87. The van der Waals surface area contributed by atoms with E-state index in [1.807, 2.05) is 48.2 Å². The topological polar surface area (TPSA) is 62.7 Å². The molecule has 136 valence electrons. The van der Waals surface area contributed by atoms with Crippen molar-refractivity contribution in [1.82, 2.24) is 19.9 Å². The van der Waals surface area contributed by atoms with E-state index in [1.165, 1.54) is 0 Å². The predicted molar refractivity (Wildman–Crippen MR) is 106 cm³/mol. The maximum absolute atomic E-state index is 12.6. The van der Waals surface area contributed by atoms with Crippen LogP contribution in [0, 0.1) is 0 Å². The highest BCUT2D eigenvalue weighted by Gasteiger charge is 2.35. The van der Waals surface area contributed by atoms with Gasteiger partial charge in [0.15, 0.2) is 0 Å². The number of aromatic nitrogens is 3. The van der Waals surface area contributed by atoms with Gasteiger partial charge in [-0.2, -0.15) is 11.8 Å². The van der Waals surface area contributed by atoms with E-state index >= 15 is 0 Å². The van der Waals surface area contributed by atoms with Crippen molar-refractivity contribution in [1.29, 1.82) is 0 Å². The van der Waals surface area contributed by atoms with Crippen LogP contribution in [0.15, 0.2) is 48.8 Å². The summed E-state index contributed by atoms with van der Waals surface area (Å²) in [6.45, 7) is 0.606. The summed E-state index contributed by atoms with van der Waals surface area (Å²) in [6, 6.07) is 12.1. The Labute approximate surface area is 157 Å². The zero-order chi connectivity index (χ0) is 17.8. The lowest BCUT2D eigenvalue weighted by Gasteiger charge is -2.38. The van der Waals surface area contributed by atoms with Crippen molar-refractivity contribution >= 4 is 28.7 Å². The van der Waals surface area contributed by atoms with Gasteiger partial charge in [0, 0.05) is 25.4 Å². The van der Waals surface area contributed by atoms with Crippen molar-refractivity contribution in [2.45, 2.75) is 31.2 Å². The van der Waals surface area contributed by atoms with E-state index in [-0.39, 0.29) is 11.4 Å². The maximum Gasteiger partial charge on any atom is 0.222 e. The van der Waals surface area contributed by atoms with Gasteiger partial charge in [-0.15, -0.1) is 0 Å². The van der Waals surface area contributed by atoms with Crippen molar-refractivity contribution in [3.63, 3.8) is 0 Å². The van der Waals surface area contributed by atoms with Gasteiger partial charge in [-0.25, -0.2) is 4.98 Å². The molecule has 1 aliphatic rings. The van der Waals surface area contributed by atoms with E-state index in [2.05, 4.69) is 32.2 Å². The summed E-state index contributed by atoms with van der Waals surface area (Å²) in [6.07, 6.45) is 7.54. The molecular formula is C20H24N4OS. The molecule has 26 heavy (non-hydrogen) atoms. The van der Waals surface area contributed by atoms with Crippen molar-refractivity contribution in [2.75, 3.05) is 18.1 Å². The standard InChI is InChI=1S/C20H24N4OS/c25-19(15-20(8-13-26-14-9-20)24-11-3-4-12-24)21-10-7-18-22-16-5-1-2-6-17(16)23-18/h1-6,11-12H,7-10,13-15H2,(H,21,25)(H,22,23). The van der Waals surface area contributed by atoms with E-state index in [1.54, 1.807) is 0 Å². The molecule has 0 radical (unpaired) electrons. The third-order valence-electron chi connectivity index (χ3n) is 5.19. The van der Waals surface area contributed by atoms with Crippen molar-refractivity contribution in [3.8, 4) is 0 Å². The first-order valence-electron chi connectivity index (χ1n) is 9.17. The molecule has 1 amide bonds. The van der Waals surface area contributed by atoms with Gasteiger partial charge < -0.3 is 14.9 Å². The van der Waals surface area contributed by atoms with E-state index in [9.17, 15) is 4.79 Å². The number of benzene rings is 1. The van der Waals surface area contributed by atoms with Crippen LogP contribution in [0.2, 0.25) is 0 Å². The molecule has 0 atom stereocenters. The number of aromatic amines is 1. The van der Waals surface area contributed by atoms with Crippen molar-refractivity contribution in [3.05, 3.63) is 54.6 Å².